The molecule has 0 radical (unpaired) electrons. The number of halogens is 3. The summed E-state index contributed by atoms with van der Waals surface area (Å²) in [4.78, 5) is 34.5. The molecule has 1 N–H and O–H groups in total. The molecule has 2 aromatic heterocycles. The van der Waals surface area contributed by atoms with Crippen molar-refractivity contribution in [2.24, 2.45) is 0 Å². The summed E-state index contributed by atoms with van der Waals surface area (Å²) in [5.41, 5.74) is 0.562. The number of alkyl halides is 3. The maximum absolute atomic E-state index is 14.5. The normalized spacial score (nSPS) is 15.3. The van der Waals surface area contributed by atoms with Crippen LogP contribution >= 0.6 is 0 Å². The summed E-state index contributed by atoms with van der Waals surface area (Å²) in [5.74, 6) is 0.515. The van der Waals surface area contributed by atoms with Crippen LogP contribution in [-0.2, 0) is 30.2 Å². The van der Waals surface area contributed by atoms with Crippen molar-refractivity contribution in [3.05, 3.63) is 82.3 Å². The highest BCUT2D eigenvalue weighted by molar-refractivity contribution is 5.97. The number of nitrogens with one attached hydrogen (secondary N) is 1. The summed E-state index contributed by atoms with van der Waals surface area (Å²) in [5, 5.41) is 7.33. The zero-order valence-corrected chi connectivity index (χ0v) is 27.1. The van der Waals surface area contributed by atoms with Gasteiger partial charge in [0.1, 0.15) is 11.8 Å². The van der Waals surface area contributed by atoms with E-state index in [9.17, 15) is 22.8 Å². The molecule has 48 heavy (non-hydrogen) atoms. The van der Waals surface area contributed by atoms with Crippen molar-refractivity contribution < 1.29 is 37.0 Å². The fourth-order valence-corrected chi connectivity index (χ4v) is 6.77. The number of methoxy groups -OCH3 is 3. The topological polar surface area (TPSA) is 107 Å². The molecule has 2 amide bonds. The summed E-state index contributed by atoms with van der Waals surface area (Å²) < 4.78 is 60.1. The van der Waals surface area contributed by atoms with Gasteiger partial charge in [0.25, 0.3) is 5.91 Å². The number of hydrogen-bond acceptors (Lipinski definition) is 7. The first-order valence-electron chi connectivity index (χ1n) is 16.1. The Kier molecular flexibility index (Phi) is 9.47. The lowest BCUT2D eigenvalue weighted by atomic mass is 10.0. The van der Waals surface area contributed by atoms with Crippen molar-refractivity contribution >= 4 is 17.5 Å². The van der Waals surface area contributed by atoms with E-state index in [1.165, 1.54) is 32.3 Å². The summed E-state index contributed by atoms with van der Waals surface area (Å²) in [6.45, 7) is 0.0347. The van der Waals surface area contributed by atoms with Crippen LogP contribution in [0.5, 0.6) is 17.2 Å². The number of fused-ring (bicyclic) bond motifs is 2. The van der Waals surface area contributed by atoms with Crippen LogP contribution in [0.3, 0.4) is 0 Å². The van der Waals surface area contributed by atoms with Crippen molar-refractivity contribution in [2.75, 3.05) is 27.9 Å². The quantitative estimate of drug-likeness (QED) is 0.218. The molecule has 254 valence electrons. The van der Waals surface area contributed by atoms with E-state index in [1.54, 1.807) is 36.4 Å². The van der Waals surface area contributed by atoms with Gasteiger partial charge in [-0.25, -0.2) is 9.50 Å². The van der Waals surface area contributed by atoms with Gasteiger partial charge in [0.05, 0.1) is 21.3 Å². The van der Waals surface area contributed by atoms with E-state index in [-0.39, 0.29) is 41.8 Å². The molecule has 13 heteroatoms. The van der Waals surface area contributed by atoms with Crippen LogP contribution in [0.2, 0.25) is 0 Å². The summed E-state index contributed by atoms with van der Waals surface area (Å²) in [6.07, 6.45) is 0.419. The number of carbonyl (C=O) groups excluding carboxylic acids is 2. The molecule has 1 fully saturated rings. The number of carbonyl (C=O) groups is 2. The number of hydrogen-bond donors (Lipinski definition) is 1. The highest BCUT2D eigenvalue weighted by Gasteiger charge is 2.41. The largest absolute Gasteiger partial charge is 0.497 e. The van der Waals surface area contributed by atoms with E-state index in [2.05, 4.69) is 15.4 Å². The van der Waals surface area contributed by atoms with E-state index >= 15 is 0 Å². The van der Waals surface area contributed by atoms with Gasteiger partial charge in [-0.05, 0) is 73.9 Å². The summed E-state index contributed by atoms with van der Waals surface area (Å²) in [6, 6.07) is 12.3. The Hall–Kier alpha value is -4.81. The minimum absolute atomic E-state index is 0.0347. The summed E-state index contributed by atoms with van der Waals surface area (Å²) in [7, 11) is 4.58. The lowest BCUT2D eigenvalue weighted by molar-refractivity contribution is -0.143. The van der Waals surface area contributed by atoms with Crippen molar-refractivity contribution in [3.8, 4) is 17.2 Å². The molecule has 2 aromatic carbocycles. The predicted octanol–water partition coefficient (Wildman–Crippen LogP) is 5.75. The maximum atomic E-state index is 14.5. The van der Waals surface area contributed by atoms with Gasteiger partial charge in [0, 0.05) is 29.9 Å². The third-order valence-corrected chi connectivity index (χ3v) is 9.16. The first-order valence-corrected chi connectivity index (χ1v) is 16.1. The van der Waals surface area contributed by atoms with Crippen molar-refractivity contribution in [1.29, 1.82) is 0 Å². The third kappa shape index (κ3) is 6.63. The highest BCUT2D eigenvalue weighted by Crippen LogP contribution is 2.37. The molecule has 0 bridgehead atoms. The minimum atomic E-state index is -4.71. The van der Waals surface area contributed by atoms with Crippen LogP contribution < -0.4 is 19.5 Å². The Labute approximate surface area is 276 Å². The molecular weight excluding hydrogens is 627 g/mol. The third-order valence-electron chi connectivity index (χ3n) is 9.16. The maximum Gasteiger partial charge on any atom is 0.433 e. The molecule has 4 aromatic rings. The molecule has 1 saturated carbocycles. The van der Waals surface area contributed by atoms with Crippen molar-refractivity contribution in [1.82, 2.24) is 24.8 Å². The Morgan fingerprint density at radius 1 is 0.958 bits per heavy atom. The predicted molar refractivity (Wildman–Crippen MR) is 170 cm³/mol. The zero-order chi connectivity index (χ0) is 34.0. The van der Waals surface area contributed by atoms with Crippen LogP contribution in [0.25, 0.3) is 5.65 Å². The lowest BCUT2D eigenvalue weighted by Gasteiger charge is -2.32. The minimum Gasteiger partial charge on any atom is -0.497 e. The molecule has 10 nitrogen and oxygen atoms in total. The molecule has 0 unspecified atom stereocenters. The lowest BCUT2D eigenvalue weighted by Crippen LogP contribution is -2.47. The molecule has 0 aliphatic heterocycles. The number of rotatable bonds is 11. The average molecular weight is 666 g/mol. The number of amides is 2. The fourth-order valence-electron chi connectivity index (χ4n) is 6.77. The fraction of sp³-hybridized carbons (Fsp3) is 0.429. The Bertz CT molecular complexity index is 1800. The van der Waals surface area contributed by atoms with Crippen LogP contribution in [-0.4, -0.2) is 65.2 Å². The number of aromatic nitrogens is 3. The van der Waals surface area contributed by atoms with E-state index in [0.717, 1.165) is 35.8 Å². The van der Waals surface area contributed by atoms with E-state index in [4.69, 9.17) is 14.2 Å². The van der Waals surface area contributed by atoms with E-state index < -0.39 is 23.8 Å². The molecule has 2 aliphatic carbocycles. The Balaban J connectivity index is 1.44. The van der Waals surface area contributed by atoms with Crippen LogP contribution in [0.4, 0.5) is 13.2 Å². The van der Waals surface area contributed by atoms with Gasteiger partial charge in [-0.3, -0.25) is 9.59 Å². The second-order valence-corrected chi connectivity index (χ2v) is 12.1. The second kappa shape index (κ2) is 13.7. The number of aryl methyl sites for hydroxylation is 1. The monoisotopic (exact) mass is 665 g/mol. The van der Waals surface area contributed by atoms with Crippen LogP contribution in [0, 0.1) is 0 Å². The Morgan fingerprint density at radius 3 is 2.35 bits per heavy atom. The van der Waals surface area contributed by atoms with Gasteiger partial charge in [-0.1, -0.05) is 31.0 Å². The molecule has 2 aliphatic rings. The highest BCUT2D eigenvalue weighted by atomic mass is 19.4. The molecule has 0 spiro atoms. The number of benzene rings is 2. The standard InChI is InChI=1S/C35H38F3N5O5/c1-46-24-14-12-22(13-15-24)31(33(44)39-23-7-4-5-8-23)42(18-17-21-11-16-28(47-2)29(19-21)48-3)34(45)27-20-30-40-26-10-6-9-25(26)32(35(36,37)38)43(30)41-27/h11-16,19-20,23,31H,4-10,17-18H2,1-3H3,(H,39,44)/t31-/m0/s1. The first-order chi connectivity index (χ1) is 23.1. The van der Waals surface area contributed by atoms with Gasteiger partial charge in [-0.15, -0.1) is 0 Å². The Morgan fingerprint density at radius 2 is 1.69 bits per heavy atom. The summed E-state index contributed by atoms with van der Waals surface area (Å²) >= 11 is 0. The molecule has 0 saturated heterocycles. The van der Waals surface area contributed by atoms with Crippen molar-refractivity contribution in [3.63, 3.8) is 0 Å². The van der Waals surface area contributed by atoms with Gasteiger partial charge in [0.2, 0.25) is 5.91 Å². The molecular formula is C35H38F3N5O5. The first kappa shape index (κ1) is 33.1. The zero-order valence-electron chi connectivity index (χ0n) is 27.1. The smallest absolute Gasteiger partial charge is 0.433 e. The van der Waals surface area contributed by atoms with Crippen molar-refractivity contribution in [2.45, 2.75) is 69.6 Å². The SMILES string of the molecule is COc1ccc([C@@H](C(=O)NC2CCCC2)N(CCc2ccc(OC)c(OC)c2)C(=O)c2cc3nc4c(c(C(F)(F)F)n3n2)CCC4)cc1. The van der Waals surface area contributed by atoms with E-state index in [1.807, 2.05) is 6.07 Å². The molecule has 1 atom stereocenters. The van der Waals surface area contributed by atoms with Crippen LogP contribution in [0.1, 0.15) is 76.7 Å². The average Bonchev–Trinajstić information content (AvgIpc) is 3.86. The van der Waals surface area contributed by atoms with E-state index in [0.29, 0.717) is 47.8 Å². The van der Waals surface area contributed by atoms with Gasteiger partial charge >= 0.3 is 6.18 Å². The number of ether oxygens (including phenoxy) is 3. The van der Waals surface area contributed by atoms with Gasteiger partial charge in [-0.2, -0.15) is 18.3 Å². The number of nitrogens with zero attached hydrogens (tertiary/aromatic N) is 4. The van der Waals surface area contributed by atoms with Gasteiger partial charge < -0.3 is 24.4 Å². The molecule has 2 heterocycles. The van der Waals surface area contributed by atoms with Crippen LogP contribution in [0.15, 0.2) is 48.5 Å². The van der Waals surface area contributed by atoms with Gasteiger partial charge in [0.15, 0.2) is 28.5 Å². The second-order valence-electron chi connectivity index (χ2n) is 12.1. The molecule has 6 rings (SSSR count).